The number of imide groups is 1. The lowest BCUT2D eigenvalue weighted by Crippen LogP contribution is -2.52. The molecule has 0 saturated carbocycles. The third-order valence-corrected chi connectivity index (χ3v) is 6.51. The monoisotopic (exact) mass is 501 g/mol. The summed E-state index contributed by atoms with van der Waals surface area (Å²) in [5, 5.41) is 17.4. The van der Waals surface area contributed by atoms with Crippen molar-refractivity contribution in [3.63, 3.8) is 0 Å². The predicted octanol–water partition coefficient (Wildman–Crippen LogP) is 3.60. The fourth-order valence-corrected chi connectivity index (χ4v) is 4.59. The summed E-state index contributed by atoms with van der Waals surface area (Å²) in [7, 11) is 0. The fourth-order valence-electron chi connectivity index (χ4n) is 4.59. The number of hydrogen-bond acceptors (Lipinski definition) is 5. The molecule has 0 fully saturated rings. The fraction of sp³-hybridized carbons (Fsp3) is 0.310. The molecule has 0 aromatic heterocycles. The molecule has 3 N–H and O–H groups in total. The lowest BCUT2D eigenvalue weighted by Gasteiger charge is -2.25. The highest BCUT2D eigenvalue weighted by Gasteiger charge is 2.37. The standard InChI is InChI=1S/C29H31N3O5/c1-18(2)14-25(26(33)30-17-19-8-4-3-5-9-19)31-24(29(36)37)12-13-32-27(34)22-15-20-10-6-7-11-21(20)16-23(22)28(32)35/h3-11,15-16,18,24-25,31H,12-14,17H2,1-2H3,(H,30,33)(H,36,37)/t24-,25+/m1/s1. The van der Waals surface area contributed by atoms with E-state index in [9.17, 15) is 24.3 Å². The van der Waals surface area contributed by atoms with Crippen molar-refractivity contribution in [2.75, 3.05) is 6.54 Å². The second-order valence-corrected chi connectivity index (χ2v) is 9.74. The first-order valence-electron chi connectivity index (χ1n) is 12.4. The van der Waals surface area contributed by atoms with Gasteiger partial charge in [0.2, 0.25) is 5.91 Å². The molecule has 1 heterocycles. The van der Waals surface area contributed by atoms with Gasteiger partial charge in [0, 0.05) is 13.1 Å². The maximum Gasteiger partial charge on any atom is 0.320 e. The van der Waals surface area contributed by atoms with Gasteiger partial charge in [-0.15, -0.1) is 0 Å². The quantitative estimate of drug-likeness (QED) is 0.346. The summed E-state index contributed by atoms with van der Waals surface area (Å²) >= 11 is 0. The molecule has 0 unspecified atom stereocenters. The van der Waals surface area contributed by atoms with Crippen molar-refractivity contribution in [3.8, 4) is 0 Å². The van der Waals surface area contributed by atoms with Gasteiger partial charge in [-0.3, -0.25) is 29.4 Å². The summed E-state index contributed by atoms with van der Waals surface area (Å²) in [5.74, 6) is -2.17. The number of nitrogens with one attached hydrogen (secondary N) is 2. The maximum atomic E-state index is 13.0. The van der Waals surface area contributed by atoms with Gasteiger partial charge in [0.1, 0.15) is 6.04 Å². The summed E-state index contributed by atoms with van der Waals surface area (Å²) < 4.78 is 0. The summed E-state index contributed by atoms with van der Waals surface area (Å²) in [6.07, 6.45) is 0.408. The van der Waals surface area contributed by atoms with E-state index in [2.05, 4.69) is 10.6 Å². The number of nitrogens with zero attached hydrogens (tertiary/aromatic N) is 1. The number of benzene rings is 3. The Hall–Kier alpha value is -4.04. The van der Waals surface area contributed by atoms with Gasteiger partial charge in [0.05, 0.1) is 17.2 Å². The number of amides is 3. The minimum atomic E-state index is -1.15. The third-order valence-electron chi connectivity index (χ3n) is 6.51. The van der Waals surface area contributed by atoms with Crippen LogP contribution in [0.4, 0.5) is 0 Å². The first-order chi connectivity index (χ1) is 17.7. The van der Waals surface area contributed by atoms with Crippen LogP contribution in [0, 0.1) is 5.92 Å². The van der Waals surface area contributed by atoms with Crippen LogP contribution in [0.5, 0.6) is 0 Å². The van der Waals surface area contributed by atoms with Crippen molar-refractivity contribution >= 4 is 34.5 Å². The minimum absolute atomic E-state index is 0.0269. The number of carboxylic acids is 1. The van der Waals surface area contributed by atoms with E-state index in [0.29, 0.717) is 24.1 Å². The number of carboxylic acid groups (broad SMARTS) is 1. The Morgan fingerprint density at radius 1 is 0.865 bits per heavy atom. The van der Waals surface area contributed by atoms with Gasteiger partial charge in [-0.05, 0) is 47.2 Å². The van der Waals surface area contributed by atoms with Crippen molar-refractivity contribution < 1.29 is 24.3 Å². The molecule has 0 spiro atoms. The lowest BCUT2D eigenvalue weighted by atomic mass is 10.0. The number of rotatable bonds is 11. The average Bonchev–Trinajstić information content (AvgIpc) is 3.11. The number of carbonyl (C=O) groups excluding carboxylic acids is 3. The molecule has 4 rings (SSSR count). The molecule has 0 saturated heterocycles. The Labute approximate surface area is 215 Å². The molecule has 192 valence electrons. The van der Waals surface area contributed by atoms with Gasteiger partial charge in [-0.1, -0.05) is 68.4 Å². The second kappa shape index (κ2) is 11.3. The lowest BCUT2D eigenvalue weighted by molar-refractivity contribution is -0.140. The first kappa shape index (κ1) is 26.0. The van der Waals surface area contributed by atoms with Crippen molar-refractivity contribution in [1.82, 2.24) is 15.5 Å². The molecule has 0 aliphatic carbocycles. The molecule has 1 aliphatic heterocycles. The number of aliphatic carboxylic acids is 1. The van der Waals surface area contributed by atoms with Gasteiger partial charge in [-0.25, -0.2) is 0 Å². The summed E-state index contributed by atoms with van der Waals surface area (Å²) in [4.78, 5) is 52.1. The molecule has 3 aromatic rings. The third kappa shape index (κ3) is 6.03. The van der Waals surface area contributed by atoms with E-state index >= 15 is 0 Å². The Morgan fingerprint density at radius 2 is 1.43 bits per heavy atom. The Morgan fingerprint density at radius 3 is 1.97 bits per heavy atom. The largest absolute Gasteiger partial charge is 0.480 e. The van der Waals surface area contributed by atoms with Crippen LogP contribution in [0.15, 0.2) is 66.7 Å². The molecule has 8 heteroatoms. The van der Waals surface area contributed by atoms with Crippen LogP contribution in [-0.4, -0.2) is 52.3 Å². The molecule has 0 bridgehead atoms. The normalized spacial score (nSPS) is 14.6. The van der Waals surface area contributed by atoms with Crippen molar-refractivity contribution in [1.29, 1.82) is 0 Å². The van der Waals surface area contributed by atoms with E-state index in [4.69, 9.17) is 0 Å². The molecule has 37 heavy (non-hydrogen) atoms. The molecule has 2 atom stereocenters. The number of fused-ring (bicyclic) bond motifs is 2. The summed E-state index contributed by atoms with van der Waals surface area (Å²) in [6, 6.07) is 18.5. The van der Waals surface area contributed by atoms with E-state index in [1.165, 1.54) is 0 Å². The topological polar surface area (TPSA) is 116 Å². The van der Waals surface area contributed by atoms with E-state index in [1.54, 1.807) is 12.1 Å². The van der Waals surface area contributed by atoms with E-state index in [0.717, 1.165) is 21.2 Å². The highest BCUT2D eigenvalue weighted by Crippen LogP contribution is 2.28. The van der Waals surface area contributed by atoms with Crippen LogP contribution in [0.3, 0.4) is 0 Å². The van der Waals surface area contributed by atoms with E-state index in [1.807, 2.05) is 68.4 Å². The second-order valence-electron chi connectivity index (χ2n) is 9.74. The van der Waals surface area contributed by atoms with Crippen LogP contribution in [0.2, 0.25) is 0 Å². The first-order valence-corrected chi connectivity index (χ1v) is 12.4. The zero-order chi connectivity index (χ0) is 26.5. The highest BCUT2D eigenvalue weighted by atomic mass is 16.4. The van der Waals surface area contributed by atoms with E-state index < -0.39 is 29.9 Å². The number of carbonyl (C=O) groups is 4. The van der Waals surface area contributed by atoms with Crippen molar-refractivity contribution in [3.05, 3.63) is 83.4 Å². The van der Waals surface area contributed by atoms with Crippen molar-refractivity contribution in [2.24, 2.45) is 5.92 Å². The zero-order valence-corrected chi connectivity index (χ0v) is 20.9. The highest BCUT2D eigenvalue weighted by molar-refractivity contribution is 6.23. The van der Waals surface area contributed by atoms with Crippen LogP contribution >= 0.6 is 0 Å². The maximum absolute atomic E-state index is 13.0. The summed E-state index contributed by atoms with van der Waals surface area (Å²) in [5.41, 5.74) is 1.58. The van der Waals surface area contributed by atoms with Crippen molar-refractivity contribution in [2.45, 2.75) is 45.3 Å². The summed E-state index contributed by atoms with van der Waals surface area (Å²) in [6.45, 7) is 4.17. The van der Waals surface area contributed by atoms with Crippen LogP contribution in [0.25, 0.3) is 10.8 Å². The zero-order valence-electron chi connectivity index (χ0n) is 20.9. The Kier molecular flexibility index (Phi) is 7.98. The molecule has 1 aliphatic rings. The van der Waals surface area contributed by atoms with E-state index in [-0.39, 0.29) is 24.8 Å². The minimum Gasteiger partial charge on any atom is -0.480 e. The molecule has 3 aromatic carbocycles. The number of hydrogen-bond donors (Lipinski definition) is 3. The van der Waals surface area contributed by atoms with Gasteiger partial charge in [0.15, 0.2) is 0 Å². The molecular formula is C29H31N3O5. The smallest absolute Gasteiger partial charge is 0.320 e. The molecular weight excluding hydrogens is 470 g/mol. The van der Waals surface area contributed by atoms with Gasteiger partial charge >= 0.3 is 5.97 Å². The van der Waals surface area contributed by atoms with Gasteiger partial charge in [0.25, 0.3) is 11.8 Å². The van der Waals surface area contributed by atoms with Crippen LogP contribution < -0.4 is 10.6 Å². The molecule has 8 nitrogen and oxygen atoms in total. The Bertz CT molecular complexity index is 1270. The van der Waals surface area contributed by atoms with Gasteiger partial charge < -0.3 is 10.4 Å². The molecule has 0 radical (unpaired) electrons. The molecule has 3 amide bonds. The van der Waals surface area contributed by atoms with Crippen LogP contribution in [-0.2, 0) is 16.1 Å². The predicted molar refractivity (Wildman–Crippen MR) is 140 cm³/mol. The van der Waals surface area contributed by atoms with Gasteiger partial charge in [-0.2, -0.15) is 0 Å². The SMILES string of the molecule is CC(C)C[C@H](N[C@H](CCN1C(=O)c2cc3ccccc3cc2C1=O)C(=O)O)C(=O)NCc1ccccc1. The Balaban J connectivity index is 1.43. The average molecular weight is 502 g/mol. The van der Waals surface area contributed by atoms with Crippen LogP contribution in [0.1, 0.15) is 53.0 Å².